The molecule has 0 aliphatic heterocycles. The van der Waals surface area contributed by atoms with Gasteiger partial charge < -0.3 is 24.3 Å². The number of aromatic nitrogens is 3. The van der Waals surface area contributed by atoms with Crippen LogP contribution in [0.5, 0.6) is 0 Å². The van der Waals surface area contributed by atoms with E-state index in [1.807, 2.05) is 38.3 Å². The molecule has 4 unspecified atom stereocenters. The molecule has 0 aromatic carbocycles. The summed E-state index contributed by atoms with van der Waals surface area (Å²) in [7, 11) is 1.55. The van der Waals surface area contributed by atoms with Gasteiger partial charge >= 0.3 is 0 Å². The highest BCUT2D eigenvalue weighted by molar-refractivity contribution is 6.28. The summed E-state index contributed by atoms with van der Waals surface area (Å²) in [5.74, 6) is 0. The average molecular weight is 429 g/mol. The molecule has 2 heterocycles. The van der Waals surface area contributed by atoms with Gasteiger partial charge in [0.1, 0.15) is 18.0 Å². The number of fused-ring (bicyclic) bond motifs is 1. The normalized spacial score (nSPS) is 16.7. The summed E-state index contributed by atoms with van der Waals surface area (Å²) in [6.45, 7) is 10.6. The minimum Gasteiger partial charge on any atom is -0.384 e. The first-order chi connectivity index (χ1) is 13.5. The first-order valence-electron chi connectivity index (χ1n) is 9.83. The predicted octanol–water partition coefficient (Wildman–Crippen LogP) is 2.65. The molecule has 3 N–H and O–H groups in total. The van der Waals surface area contributed by atoms with E-state index in [0.29, 0.717) is 30.9 Å². The summed E-state index contributed by atoms with van der Waals surface area (Å²) >= 11 is 5.97. The third-order valence-electron chi connectivity index (χ3n) is 4.58. The summed E-state index contributed by atoms with van der Waals surface area (Å²) < 4.78 is 13.0. The molecule has 0 aliphatic carbocycles. The van der Waals surface area contributed by atoms with E-state index in [9.17, 15) is 10.2 Å². The molecule has 9 heteroatoms. The minimum atomic E-state index is -0.835. The van der Waals surface area contributed by atoms with Gasteiger partial charge in [-0.3, -0.25) is 5.32 Å². The average Bonchev–Trinajstić information content (AvgIpc) is 2.96. The zero-order valence-corrected chi connectivity index (χ0v) is 18.8. The van der Waals surface area contributed by atoms with Crippen molar-refractivity contribution in [2.24, 2.45) is 0 Å². The van der Waals surface area contributed by atoms with Crippen LogP contribution in [0.1, 0.15) is 52.8 Å². The molecule has 29 heavy (non-hydrogen) atoms. The number of rotatable bonds is 10. The van der Waals surface area contributed by atoms with Gasteiger partial charge in [-0.15, -0.1) is 0 Å². The highest BCUT2D eigenvalue weighted by atomic mass is 35.5. The van der Waals surface area contributed by atoms with Gasteiger partial charge in [0, 0.05) is 38.2 Å². The first-order valence-corrected chi connectivity index (χ1v) is 10.2. The van der Waals surface area contributed by atoms with Crippen molar-refractivity contribution in [1.29, 1.82) is 0 Å². The Bertz CT molecular complexity index is 793. The van der Waals surface area contributed by atoms with Crippen LogP contribution >= 0.6 is 11.6 Å². The molecule has 2 rings (SSSR count). The SMILES string of the molecule is COC(C)C(O)c1cc2cnc(Cl)nc2n1CCNC(O)CC(C)OC(C)(C)C. The Morgan fingerprint density at radius 2 is 1.97 bits per heavy atom. The summed E-state index contributed by atoms with van der Waals surface area (Å²) in [6, 6.07) is 1.83. The van der Waals surface area contributed by atoms with Gasteiger partial charge in [-0.1, -0.05) is 0 Å². The number of aliphatic hydroxyl groups is 2. The van der Waals surface area contributed by atoms with Gasteiger partial charge in [-0.05, 0) is 52.3 Å². The molecule has 0 saturated heterocycles. The van der Waals surface area contributed by atoms with Crippen LogP contribution < -0.4 is 5.32 Å². The summed E-state index contributed by atoms with van der Waals surface area (Å²) in [4.78, 5) is 8.32. The summed E-state index contributed by atoms with van der Waals surface area (Å²) in [6.07, 6.45) is 0.0693. The van der Waals surface area contributed by atoms with E-state index in [4.69, 9.17) is 21.1 Å². The predicted molar refractivity (Wildman–Crippen MR) is 113 cm³/mol. The number of hydrogen-bond donors (Lipinski definition) is 3. The Morgan fingerprint density at radius 1 is 1.28 bits per heavy atom. The van der Waals surface area contributed by atoms with Crippen LogP contribution in [0.4, 0.5) is 0 Å². The molecule has 0 aliphatic rings. The van der Waals surface area contributed by atoms with Gasteiger partial charge in [0.2, 0.25) is 5.28 Å². The molecule has 8 nitrogen and oxygen atoms in total. The topological polar surface area (TPSA) is 102 Å². The van der Waals surface area contributed by atoms with Gasteiger partial charge in [-0.25, -0.2) is 4.98 Å². The molecule has 0 spiro atoms. The van der Waals surface area contributed by atoms with Crippen molar-refractivity contribution in [3.63, 3.8) is 0 Å². The van der Waals surface area contributed by atoms with E-state index < -0.39 is 18.4 Å². The molecule has 0 amide bonds. The first kappa shape index (κ1) is 24.0. The number of nitrogens with zero attached hydrogens (tertiary/aromatic N) is 3. The molecular formula is C20H33ClN4O4. The Kier molecular flexibility index (Phi) is 8.39. The van der Waals surface area contributed by atoms with Crippen LogP contribution in [-0.2, 0) is 16.0 Å². The van der Waals surface area contributed by atoms with Gasteiger partial charge in [0.15, 0.2) is 0 Å². The molecule has 0 fully saturated rings. The maximum atomic E-state index is 10.7. The molecule has 2 aromatic heterocycles. The number of ether oxygens (including phenoxy) is 2. The van der Waals surface area contributed by atoms with Crippen LogP contribution in [0.3, 0.4) is 0 Å². The van der Waals surface area contributed by atoms with Crippen molar-refractivity contribution >= 4 is 22.6 Å². The smallest absolute Gasteiger partial charge is 0.224 e. The summed E-state index contributed by atoms with van der Waals surface area (Å²) in [5.41, 5.74) is 1.03. The molecule has 0 bridgehead atoms. The molecule has 164 valence electrons. The maximum absolute atomic E-state index is 10.7. The second-order valence-corrected chi connectivity index (χ2v) is 8.61. The second-order valence-electron chi connectivity index (χ2n) is 8.27. The van der Waals surface area contributed by atoms with E-state index in [1.165, 1.54) is 0 Å². The van der Waals surface area contributed by atoms with Gasteiger partial charge in [0.25, 0.3) is 0 Å². The van der Waals surface area contributed by atoms with Crippen molar-refractivity contribution in [2.45, 2.75) is 77.7 Å². The molecule has 4 atom stereocenters. The van der Waals surface area contributed by atoms with Crippen LogP contribution in [-0.4, -0.2) is 62.4 Å². The lowest BCUT2D eigenvalue weighted by Crippen LogP contribution is -2.37. The van der Waals surface area contributed by atoms with Crippen molar-refractivity contribution in [3.05, 3.63) is 23.2 Å². The number of methoxy groups -OCH3 is 1. The minimum absolute atomic E-state index is 0.0867. The van der Waals surface area contributed by atoms with Crippen molar-refractivity contribution in [1.82, 2.24) is 19.9 Å². The Labute approximate surface area is 177 Å². The fraction of sp³-hybridized carbons (Fsp3) is 0.700. The highest BCUT2D eigenvalue weighted by Gasteiger charge is 2.23. The fourth-order valence-electron chi connectivity index (χ4n) is 3.28. The lowest BCUT2D eigenvalue weighted by atomic mass is 10.1. The molecule has 2 aromatic rings. The van der Waals surface area contributed by atoms with Crippen molar-refractivity contribution < 1.29 is 19.7 Å². The lowest BCUT2D eigenvalue weighted by molar-refractivity contribution is -0.0711. The van der Waals surface area contributed by atoms with E-state index in [0.717, 1.165) is 5.39 Å². The van der Waals surface area contributed by atoms with Crippen LogP contribution in [0.15, 0.2) is 12.3 Å². The number of hydrogen-bond acceptors (Lipinski definition) is 7. The third-order valence-corrected chi connectivity index (χ3v) is 4.76. The maximum Gasteiger partial charge on any atom is 0.224 e. The second kappa shape index (κ2) is 10.1. The zero-order valence-electron chi connectivity index (χ0n) is 18.0. The quantitative estimate of drug-likeness (QED) is 0.395. The zero-order chi connectivity index (χ0) is 21.8. The monoisotopic (exact) mass is 428 g/mol. The van der Waals surface area contributed by atoms with Crippen LogP contribution in [0.25, 0.3) is 11.0 Å². The van der Waals surface area contributed by atoms with E-state index in [1.54, 1.807) is 20.2 Å². The Morgan fingerprint density at radius 3 is 2.59 bits per heavy atom. The lowest BCUT2D eigenvalue weighted by Gasteiger charge is -2.27. The van der Waals surface area contributed by atoms with Gasteiger partial charge in [0.05, 0.1) is 23.5 Å². The number of aliphatic hydroxyl groups excluding tert-OH is 2. The standard InChI is InChI=1S/C20H33ClN4O4/c1-12(29-20(3,4)5)9-16(26)22-7-8-25-15(17(27)13(2)28-6)10-14-11-23-19(21)24-18(14)25/h10-13,16-17,22,26-27H,7-9H2,1-6H3. The van der Waals surface area contributed by atoms with E-state index in [2.05, 4.69) is 15.3 Å². The number of halogens is 1. The Balaban J connectivity index is 2.09. The number of nitrogens with one attached hydrogen (secondary N) is 1. The van der Waals surface area contributed by atoms with E-state index in [-0.39, 0.29) is 17.0 Å². The van der Waals surface area contributed by atoms with Crippen molar-refractivity contribution in [2.75, 3.05) is 13.7 Å². The molecule has 0 saturated carbocycles. The summed E-state index contributed by atoms with van der Waals surface area (Å²) in [5, 5.41) is 25.0. The fourth-order valence-corrected chi connectivity index (χ4v) is 3.41. The van der Waals surface area contributed by atoms with Crippen LogP contribution in [0.2, 0.25) is 5.28 Å². The molecular weight excluding hydrogens is 396 g/mol. The highest BCUT2D eigenvalue weighted by Crippen LogP contribution is 2.26. The largest absolute Gasteiger partial charge is 0.384 e. The van der Waals surface area contributed by atoms with E-state index >= 15 is 0 Å². The van der Waals surface area contributed by atoms with Gasteiger partial charge in [-0.2, -0.15) is 4.98 Å². The van der Waals surface area contributed by atoms with Crippen molar-refractivity contribution in [3.8, 4) is 0 Å². The Hall–Kier alpha value is -1.29. The molecule has 0 radical (unpaired) electrons. The third kappa shape index (κ3) is 6.87. The van der Waals surface area contributed by atoms with Crippen LogP contribution in [0, 0.1) is 0 Å².